The lowest BCUT2D eigenvalue weighted by Crippen LogP contribution is -2.13. The number of nitrogens with zero attached hydrogens (tertiary/aromatic N) is 1. The highest BCUT2D eigenvalue weighted by molar-refractivity contribution is 7.92. The zero-order valence-corrected chi connectivity index (χ0v) is 18.5. The summed E-state index contributed by atoms with van der Waals surface area (Å²) >= 11 is 12.4. The molecule has 4 aromatic rings. The molecule has 31 heavy (non-hydrogen) atoms. The Morgan fingerprint density at radius 1 is 1.00 bits per heavy atom. The number of ether oxygens (including phenoxy) is 1. The number of hydrogen-bond donors (Lipinski definition) is 2. The number of hydrogen-bond acceptors (Lipinski definition) is 5. The van der Waals surface area contributed by atoms with Crippen molar-refractivity contribution in [3.63, 3.8) is 0 Å². The Kier molecular flexibility index (Phi) is 5.66. The van der Waals surface area contributed by atoms with E-state index in [1.165, 1.54) is 18.2 Å². The molecule has 158 valence electrons. The van der Waals surface area contributed by atoms with Crippen molar-refractivity contribution in [3.05, 3.63) is 82.5 Å². The summed E-state index contributed by atoms with van der Waals surface area (Å²) in [5.41, 5.74) is 1.71. The Labute approximate surface area is 189 Å². The van der Waals surface area contributed by atoms with Crippen molar-refractivity contribution in [2.45, 2.75) is 11.8 Å². The van der Waals surface area contributed by atoms with Gasteiger partial charge >= 0.3 is 0 Å². The number of aryl methyl sites for hydroxylation is 1. The number of anilines is 1. The van der Waals surface area contributed by atoms with Crippen LogP contribution in [0.3, 0.4) is 0 Å². The molecule has 2 N–H and O–H groups in total. The van der Waals surface area contributed by atoms with Crippen LogP contribution in [0.5, 0.6) is 17.2 Å². The standard InChI is InChI=1S/C22H16Cl2N2O4S/c1-13-8-15(26-31(28,29)21-7-6-16(27)11-18(21)23)10-19(24)22(13)30-17-9-14-4-2-3-5-20(14)25-12-17/h2-12,26-27H,1H3. The molecule has 0 atom stereocenters. The highest BCUT2D eigenvalue weighted by Crippen LogP contribution is 2.37. The van der Waals surface area contributed by atoms with Gasteiger partial charge in [-0.15, -0.1) is 0 Å². The molecule has 3 aromatic carbocycles. The van der Waals surface area contributed by atoms with Crippen LogP contribution in [0.25, 0.3) is 10.9 Å². The largest absolute Gasteiger partial charge is 0.508 e. The van der Waals surface area contributed by atoms with Gasteiger partial charge in [-0.3, -0.25) is 9.71 Å². The SMILES string of the molecule is Cc1cc(NS(=O)(=O)c2ccc(O)cc2Cl)cc(Cl)c1Oc1cnc2ccccc2c1. The molecular weight excluding hydrogens is 459 g/mol. The maximum Gasteiger partial charge on any atom is 0.263 e. The lowest BCUT2D eigenvalue weighted by atomic mass is 10.2. The van der Waals surface area contributed by atoms with Crippen LogP contribution < -0.4 is 9.46 Å². The number of fused-ring (bicyclic) bond motifs is 1. The number of phenolic OH excluding ortho intramolecular Hbond substituents is 1. The van der Waals surface area contributed by atoms with E-state index < -0.39 is 10.0 Å². The van der Waals surface area contributed by atoms with Gasteiger partial charge in [-0.1, -0.05) is 41.4 Å². The van der Waals surface area contributed by atoms with E-state index >= 15 is 0 Å². The van der Waals surface area contributed by atoms with Gasteiger partial charge in [0, 0.05) is 5.39 Å². The Hall–Kier alpha value is -3.00. The fourth-order valence-electron chi connectivity index (χ4n) is 3.06. The first-order chi connectivity index (χ1) is 14.7. The summed E-state index contributed by atoms with van der Waals surface area (Å²) in [6.45, 7) is 1.75. The number of para-hydroxylation sites is 1. The van der Waals surface area contributed by atoms with Crippen LogP contribution >= 0.6 is 23.2 Å². The first-order valence-corrected chi connectivity index (χ1v) is 11.3. The van der Waals surface area contributed by atoms with Gasteiger partial charge in [0.1, 0.15) is 22.1 Å². The molecule has 0 saturated carbocycles. The van der Waals surface area contributed by atoms with Gasteiger partial charge in [0.2, 0.25) is 0 Å². The average Bonchev–Trinajstić information content (AvgIpc) is 2.70. The zero-order valence-electron chi connectivity index (χ0n) is 16.1. The summed E-state index contributed by atoms with van der Waals surface area (Å²) < 4.78 is 33.8. The van der Waals surface area contributed by atoms with E-state index in [4.69, 9.17) is 27.9 Å². The maximum atomic E-state index is 12.7. The molecule has 0 bridgehead atoms. The predicted molar refractivity (Wildman–Crippen MR) is 122 cm³/mol. The van der Waals surface area contributed by atoms with E-state index in [0.29, 0.717) is 17.1 Å². The molecule has 9 heteroatoms. The topological polar surface area (TPSA) is 88.5 Å². The highest BCUT2D eigenvalue weighted by Gasteiger charge is 2.20. The van der Waals surface area contributed by atoms with E-state index in [1.807, 2.05) is 30.3 Å². The van der Waals surface area contributed by atoms with E-state index in [-0.39, 0.29) is 26.4 Å². The molecule has 0 aliphatic heterocycles. The molecule has 6 nitrogen and oxygen atoms in total. The van der Waals surface area contributed by atoms with Gasteiger partial charge in [0.15, 0.2) is 0 Å². The second-order valence-electron chi connectivity index (χ2n) is 6.79. The number of pyridine rings is 1. The maximum absolute atomic E-state index is 12.7. The summed E-state index contributed by atoms with van der Waals surface area (Å²) in [7, 11) is -3.99. The molecule has 0 amide bonds. The highest BCUT2D eigenvalue weighted by atomic mass is 35.5. The average molecular weight is 475 g/mol. The molecule has 0 spiro atoms. The summed E-state index contributed by atoms with van der Waals surface area (Å²) in [4.78, 5) is 4.20. The Morgan fingerprint density at radius 3 is 2.52 bits per heavy atom. The van der Waals surface area contributed by atoms with Crippen LogP contribution in [0.2, 0.25) is 10.0 Å². The van der Waals surface area contributed by atoms with Crippen LogP contribution in [-0.2, 0) is 10.0 Å². The Balaban J connectivity index is 1.62. The van der Waals surface area contributed by atoms with E-state index in [9.17, 15) is 13.5 Å². The van der Waals surface area contributed by atoms with Crippen LogP contribution in [0.4, 0.5) is 5.69 Å². The minimum absolute atomic E-state index is 0.0981. The molecule has 1 aromatic heterocycles. The Bertz CT molecular complexity index is 1390. The number of rotatable bonds is 5. The number of nitrogens with one attached hydrogen (secondary N) is 1. The van der Waals surface area contributed by atoms with Crippen molar-refractivity contribution in [2.75, 3.05) is 4.72 Å². The summed E-state index contributed by atoms with van der Waals surface area (Å²) in [5, 5.41) is 10.5. The molecular formula is C22H16Cl2N2O4S. The van der Waals surface area contributed by atoms with Gasteiger partial charge in [-0.2, -0.15) is 0 Å². The van der Waals surface area contributed by atoms with Crippen LogP contribution in [0.1, 0.15) is 5.56 Å². The summed E-state index contributed by atoms with van der Waals surface area (Å²) in [6, 6.07) is 16.2. The van der Waals surface area contributed by atoms with Gasteiger partial charge in [-0.05, 0) is 55.0 Å². The van der Waals surface area contributed by atoms with Crippen molar-refractivity contribution in [1.82, 2.24) is 4.98 Å². The van der Waals surface area contributed by atoms with Crippen molar-refractivity contribution in [2.24, 2.45) is 0 Å². The van der Waals surface area contributed by atoms with Crippen molar-refractivity contribution < 1.29 is 18.3 Å². The smallest absolute Gasteiger partial charge is 0.263 e. The number of phenols is 1. The van der Waals surface area contributed by atoms with Crippen LogP contribution in [0, 0.1) is 6.92 Å². The second-order valence-corrected chi connectivity index (χ2v) is 9.26. The minimum atomic E-state index is -3.99. The number of aromatic nitrogens is 1. The fourth-order valence-corrected chi connectivity index (χ4v) is 4.95. The summed E-state index contributed by atoms with van der Waals surface area (Å²) in [6.07, 6.45) is 1.60. The summed E-state index contributed by atoms with van der Waals surface area (Å²) in [5.74, 6) is 0.768. The zero-order chi connectivity index (χ0) is 22.2. The lowest BCUT2D eigenvalue weighted by molar-refractivity contribution is 0.475. The third kappa shape index (κ3) is 4.54. The molecule has 1 heterocycles. The van der Waals surface area contributed by atoms with E-state index in [2.05, 4.69) is 9.71 Å². The number of benzene rings is 3. The first kappa shape index (κ1) is 21.2. The minimum Gasteiger partial charge on any atom is -0.508 e. The molecule has 0 saturated heterocycles. The first-order valence-electron chi connectivity index (χ1n) is 9.07. The second kappa shape index (κ2) is 8.26. The van der Waals surface area contributed by atoms with Gasteiger partial charge in [0.05, 0.1) is 27.4 Å². The monoisotopic (exact) mass is 474 g/mol. The molecule has 0 unspecified atom stereocenters. The van der Waals surface area contributed by atoms with Crippen molar-refractivity contribution in [1.29, 1.82) is 0 Å². The van der Waals surface area contributed by atoms with Crippen LogP contribution in [-0.4, -0.2) is 18.5 Å². The quantitative estimate of drug-likeness (QED) is 0.362. The molecule has 0 fully saturated rings. The molecule has 0 aliphatic carbocycles. The number of aromatic hydroxyl groups is 1. The lowest BCUT2D eigenvalue weighted by Gasteiger charge is -2.15. The fraction of sp³-hybridized carbons (Fsp3) is 0.0455. The van der Waals surface area contributed by atoms with Crippen LogP contribution in [0.15, 0.2) is 71.8 Å². The predicted octanol–water partition coefficient (Wildman–Crippen LogP) is 6.15. The van der Waals surface area contributed by atoms with E-state index in [1.54, 1.807) is 19.2 Å². The van der Waals surface area contributed by atoms with E-state index in [0.717, 1.165) is 17.0 Å². The number of sulfonamides is 1. The molecule has 4 rings (SSSR count). The molecule has 0 radical (unpaired) electrons. The number of halogens is 2. The normalized spacial score (nSPS) is 11.5. The van der Waals surface area contributed by atoms with Crippen molar-refractivity contribution >= 4 is 49.8 Å². The molecule has 0 aliphatic rings. The third-order valence-corrected chi connectivity index (χ3v) is 6.62. The van der Waals surface area contributed by atoms with Gasteiger partial charge < -0.3 is 9.84 Å². The van der Waals surface area contributed by atoms with Gasteiger partial charge in [-0.25, -0.2) is 8.42 Å². The van der Waals surface area contributed by atoms with Crippen molar-refractivity contribution in [3.8, 4) is 17.2 Å². The van der Waals surface area contributed by atoms with Gasteiger partial charge in [0.25, 0.3) is 10.0 Å². The Morgan fingerprint density at radius 2 is 1.77 bits per heavy atom. The third-order valence-electron chi connectivity index (χ3n) is 4.47.